The molecule has 0 aromatic heterocycles. The highest BCUT2D eigenvalue weighted by Crippen LogP contribution is 2.28. The molecule has 0 bridgehead atoms. The van der Waals surface area contributed by atoms with E-state index in [4.69, 9.17) is 4.74 Å². The second-order valence-electron chi connectivity index (χ2n) is 4.28. The molecule has 0 radical (unpaired) electrons. The number of ether oxygens (including phenoxy) is 1. The van der Waals surface area contributed by atoms with Crippen LogP contribution in [-0.2, 0) is 4.74 Å². The molecule has 1 saturated heterocycles. The molecule has 1 atom stereocenters. The molecule has 1 aliphatic heterocycles. The maximum atomic E-state index is 11.8. The van der Waals surface area contributed by atoms with Crippen LogP contribution in [0, 0.1) is 0 Å². The minimum atomic E-state index is -4.13. The third-order valence-electron chi connectivity index (χ3n) is 2.25. The third kappa shape index (κ3) is 4.28. The lowest BCUT2D eigenvalue weighted by molar-refractivity contribution is -0.126. The van der Waals surface area contributed by atoms with Gasteiger partial charge in [-0.3, -0.25) is 0 Å². The number of nitrogens with one attached hydrogen (secondary N) is 1. The van der Waals surface area contributed by atoms with Crippen molar-refractivity contribution >= 4 is 0 Å². The number of hydrogen-bond donors (Lipinski definition) is 1. The van der Waals surface area contributed by atoms with E-state index in [-0.39, 0.29) is 18.2 Å². The van der Waals surface area contributed by atoms with Crippen LogP contribution in [0.1, 0.15) is 26.7 Å². The molecule has 0 spiro atoms. The van der Waals surface area contributed by atoms with Crippen molar-refractivity contribution in [2.75, 3.05) is 13.1 Å². The Balaban J connectivity index is 2.15. The summed E-state index contributed by atoms with van der Waals surface area (Å²) in [5.41, 5.74) is -0.176. The van der Waals surface area contributed by atoms with Crippen LogP contribution in [0.2, 0.25) is 0 Å². The van der Waals surface area contributed by atoms with Gasteiger partial charge in [-0.2, -0.15) is 13.2 Å². The molecule has 1 N–H and O–H groups in total. The zero-order chi connectivity index (χ0) is 10.8. The van der Waals surface area contributed by atoms with Crippen LogP contribution in [0.5, 0.6) is 0 Å². The first-order valence-corrected chi connectivity index (χ1v) is 4.74. The molecule has 1 unspecified atom stereocenters. The van der Waals surface area contributed by atoms with Gasteiger partial charge in [-0.05, 0) is 26.7 Å². The van der Waals surface area contributed by atoms with Gasteiger partial charge < -0.3 is 10.1 Å². The number of rotatable bonds is 3. The Bertz CT molecular complexity index is 191. The minimum Gasteiger partial charge on any atom is -0.371 e. The largest absolute Gasteiger partial charge is 0.401 e. The first-order chi connectivity index (χ1) is 6.29. The van der Waals surface area contributed by atoms with Crippen LogP contribution in [-0.4, -0.2) is 31.0 Å². The molecule has 0 aliphatic carbocycles. The van der Waals surface area contributed by atoms with E-state index in [1.165, 1.54) is 0 Å². The van der Waals surface area contributed by atoms with Crippen molar-refractivity contribution in [2.24, 2.45) is 0 Å². The van der Waals surface area contributed by atoms with E-state index >= 15 is 0 Å². The molecule has 0 saturated carbocycles. The van der Waals surface area contributed by atoms with Crippen molar-refractivity contribution in [1.82, 2.24) is 5.32 Å². The maximum Gasteiger partial charge on any atom is 0.401 e. The molecule has 1 rings (SSSR count). The zero-order valence-electron chi connectivity index (χ0n) is 8.45. The predicted molar refractivity (Wildman–Crippen MR) is 47.1 cm³/mol. The summed E-state index contributed by atoms with van der Waals surface area (Å²) in [4.78, 5) is 0. The van der Waals surface area contributed by atoms with Gasteiger partial charge in [-0.25, -0.2) is 0 Å². The molecule has 5 heteroatoms. The Morgan fingerprint density at radius 2 is 2.07 bits per heavy atom. The molecule has 1 fully saturated rings. The van der Waals surface area contributed by atoms with Crippen LogP contribution in [0.3, 0.4) is 0 Å². The molecule has 14 heavy (non-hydrogen) atoms. The SMILES string of the molecule is CC1(C)CCC(CNCC(F)(F)F)O1. The van der Waals surface area contributed by atoms with E-state index < -0.39 is 12.7 Å². The fraction of sp³-hybridized carbons (Fsp3) is 1.00. The highest BCUT2D eigenvalue weighted by Gasteiger charge is 2.32. The van der Waals surface area contributed by atoms with Gasteiger partial charge in [0.2, 0.25) is 0 Å². The third-order valence-corrected chi connectivity index (χ3v) is 2.25. The number of halogens is 3. The van der Waals surface area contributed by atoms with Gasteiger partial charge in [0.1, 0.15) is 0 Å². The fourth-order valence-electron chi connectivity index (χ4n) is 1.60. The van der Waals surface area contributed by atoms with E-state index in [1.807, 2.05) is 13.8 Å². The highest BCUT2D eigenvalue weighted by atomic mass is 19.4. The summed E-state index contributed by atoms with van der Waals surface area (Å²) >= 11 is 0. The Morgan fingerprint density at radius 3 is 2.50 bits per heavy atom. The van der Waals surface area contributed by atoms with Gasteiger partial charge in [-0.15, -0.1) is 0 Å². The Morgan fingerprint density at radius 1 is 1.43 bits per heavy atom. The summed E-state index contributed by atoms with van der Waals surface area (Å²) < 4.78 is 40.9. The average molecular weight is 211 g/mol. The smallest absolute Gasteiger partial charge is 0.371 e. The summed E-state index contributed by atoms with van der Waals surface area (Å²) in [6.07, 6.45) is -2.47. The average Bonchev–Trinajstić information content (AvgIpc) is 2.27. The van der Waals surface area contributed by atoms with Crippen molar-refractivity contribution in [1.29, 1.82) is 0 Å². The van der Waals surface area contributed by atoms with E-state index in [1.54, 1.807) is 0 Å². The quantitative estimate of drug-likeness (QED) is 0.771. The van der Waals surface area contributed by atoms with Gasteiger partial charge in [0.15, 0.2) is 0 Å². The number of hydrogen-bond acceptors (Lipinski definition) is 2. The van der Waals surface area contributed by atoms with E-state index in [9.17, 15) is 13.2 Å². The highest BCUT2D eigenvalue weighted by molar-refractivity contribution is 4.81. The molecule has 1 heterocycles. The normalized spacial score (nSPS) is 26.8. The van der Waals surface area contributed by atoms with Crippen LogP contribution in [0.4, 0.5) is 13.2 Å². The molecular formula is C9H16F3NO. The predicted octanol–water partition coefficient (Wildman–Crippen LogP) is 2.10. The summed E-state index contributed by atoms with van der Waals surface area (Å²) in [6, 6.07) is 0. The van der Waals surface area contributed by atoms with Crippen molar-refractivity contribution in [2.45, 2.75) is 44.6 Å². The molecule has 0 aromatic carbocycles. The van der Waals surface area contributed by atoms with Gasteiger partial charge in [-0.1, -0.05) is 0 Å². The first kappa shape index (κ1) is 11.8. The van der Waals surface area contributed by atoms with Crippen LogP contribution in [0.25, 0.3) is 0 Å². The van der Waals surface area contributed by atoms with Gasteiger partial charge in [0.25, 0.3) is 0 Å². The van der Waals surface area contributed by atoms with E-state index in [0.717, 1.165) is 12.8 Å². The van der Waals surface area contributed by atoms with Crippen molar-refractivity contribution in [3.8, 4) is 0 Å². The summed E-state index contributed by atoms with van der Waals surface area (Å²) in [6.45, 7) is 3.25. The molecule has 2 nitrogen and oxygen atoms in total. The van der Waals surface area contributed by atoms with Gasteiger partial charge >= 0.3 is 6.18 Å². The number of alkyl halides is 3. The summed E-state index contributed by atoms with van der Waals surface area (Å²) in [7, 11) is 0. The van der Waals surface area contributed by atoms with Crippen molar-refractivity contribution < 1.29 is 17.9 Å². The standard InChI is InChI=1S/C9H16F3NO/c1-8(2)4-3-7(14-8)5-13-6-9(10,11)12/h7,13H,3-6H2,1-2H3. The first-order valence-electron chi connectivity index (χ1n) is 4.74. The Hall–Kier alpha value is -0.290. The monoisotopic (exact) mass is 211 g/mol. The van der Waals surface area contributed by atoms with E-state index in [0.29, 0.717) is 0 Å². The van der Waals surface area contributed by atoms with Crippen molar-refractivity contribution in [3.05, 3.63) is 0 Å². The lowest BCUT2D eigenvalue weighted by Crippen LogP contribution is -2.35. The van der Waals surface area contributed by atoms with Crippen molar-refractivity contribution in [3.63, 3.8) is 0 Å². The lowest BCUT2D eigenvalue weighted by Gasteiger charge is -2.19. The van der Waals surface area contributed by atoms with Crippen LogP contribution >= 0.6 is 0 Å². The van der Waals surface area contributed by atoms with Crippen LogP contribution < -0.4 is 5.32 Å². The molecule has 0 amide bonds. The minimum absolute atomic E-state index is 0.0765. The van der Waals surface area contributed by atoms with Crippen LogP contribution in [0.15, 0.2) is 0 Å². The summed E-state index contributed by atoms with van der Waals surface area (Å²) in [5, 5.41) is 2.36. The van der Waals surface area contributed by atoms with Gasteiger partial charge in [0, 0.05) is 6.54 Å². The topological polar surface area (TPSA) is 21.3 Å². The second-order valence-corrected chi connectivity index (χ2v) is 4.28. The molecule has 1 aliphatic rings. The van der Waals surface area contributed by atoms with Gasteiger partial charge in [0.05, 0.1) is 18.2 Å². The van der Waals surface area contributed by atoms with E-state index in [2.05, 4.69) is 5.32 Å². The summed E-state index contributed by atoms with van der Waals surface area (Å²) in [5.74, 6) is 0. The second kappa shape index (κ2) is 4.06. The Labute approximate surface area is 81.8 Å². The fourth-order valence-corrected chi connectivity index (χ4v) is 1.60. The maximum absolute atomic E-state index is 11.8. The Kier molecular flexibility index (Phi) is 3.42. The zero-order valence-corrected chi connectivity index (χ0v) is 8.45. The molecule has 0 aromatic rings. The lowest BCUT2D eigenvalue weighted by atomic mass is 10.1. The molecule has 84 valence electrons. The molecular weight excluding hydrogens is 195 g/mol.